The van der Waals surface area contributed by atoms with E-state index in [1.807, 2.05) is 0 Å². The van der Waals surface area contributed by atoms with Crippen LogP contribution in [0.3, 0.4) is 0 Å². The number of halogens is 1. The van der Waals surface area contributed by atoms with Crippen LogP contribution in [0.5, 0.6) is 0 Å². The number of nitrogens with one attached hydrogen (secondary N) is 1. The third-order valence-corrected chi connectivity index (χ3v) is 3.87. The molecule has 2 unspecified atom stereocenters. The van der Waals surface area contributed by atoms with Gasteiger partial charge in [-0.1, -0.05) is 31.0 Å². The van der Waals surface area contributed by atoms with Gasteiger partial charge < -0.3 is 5.32 Å². The quantitative estimate of drug-likeness (QED) is 0.661. The van der Waals surface area contributed by atoms with Gasteiger partial charge in [-0.2, -0.15) is 0 Å². The third kappa shape index (κ3) is 2.93. The van der Waals surface area contributed by atoms with Crippen LogP contribution in [0.15, 0.2) is 18.2 Å². The third-order valence-electron chi connectivity index (χ3n) is 3.56. The Morgan fingerprint density at radius 2 is 2.28 bits per heavy atom. The van der Waals surface area contributed by atoms with Crippen molar-refractivity contribution in [2.24, 2.45) is 11.8 Å². The lowest BCUT2D eigenvalue weighted by atomic mass is 10.1. The maximum atomic E-state index is 10.9. The van der Waals surface area contributed by atoms with Crippen molar-refractivity contribution in [1.82, 2.24) is 0 Å². The van der Waals surface area contributed by atoms with Gasteiger partial charge in [0.05, 0.1) is 9.95 Å². The molecule has 0 aromatic heterocycles. The molecule has 18 heavy (non-hydrogen) atoms. The van der Waals surface area contributed by atoms with Gasteiger partial charge in [-0.3, -0.25) is 10.1 Å². The van der Waals surface area contributed by atoms with E-state index in [2.05, 4.69) is 12.2 Å². The second-order valence-electron chi connectivity index (χ2n) is 5.06. The molecule has 98 valence electrons. The summed E-state index contributed by atoms with van der Waals surface area (Å²) in [5, 5.41) is 14.5. The minimum Gasteiger partial charge on any atom is -0.378 e. The van der Waals surface area contributed by atoms with Gasteiger partial charge in [-0.15, -0.1) is 0 Å². The second kappa shape index (κ2) is 5.57. The molecular weight excluding hydrogens is 252 g/mol. The summed E-state index contributed by atoms with van der Waals surface area (Å²) in [6.45, 7) is 3.01. The monoisotopic (exact) mass is 268 g/mol. The maximum Gasteiger partial charge on any atom is 0.293 e. The Balaban J connectivity index is 2.06. The lowest BCUT2D eigenvalue weighted by molar-refractivity contribution is -0.383. The molecule has 0 radical (unpaired) electrons. The van der Waals surface area contributed by atoms with Crippen LogP contribution in [-0.4, -0.2) is 11.5 Å². The van der Waals surface area contributed by atoms with E-state index in [1.54, 1.807) is 12.1 Å². The van der Waals surface area contributed by atoms with Gasteiger partial charge in [0.1, 0.15) is 5.69 Å². The predicted molar refractivity (Wildman–Crippen MR) is 73.1 cm³/mol. The van der Waals surface area contributed by atoms with E-state index in [0.717, 1.165) is 12.5 Å². The molecule has 5 heteroatoms. The molecule has 0 heterocycles. The molecule has 1 saturated carbocycles. The van der Waals surface area contributed by atoms with Crippen LogP contribution in [0, 0.1) is 22.0 Å². The second-order valence-corrected chi connectivity index (χ2v) is 5.46. The Morgan fingerprint density at radius 1 is 1.50 bits per heavy atom. The van der Waals surface area contributed by atoms with Crippen LogP contribution in [0.4, 0.5) is 11.4 Å². The number of rotatable bonds is 4. The number of nitrogens with zero attached hydrogens (tertiary/aromatic N) is 1. The molecule has 0 amide bonds. The fourth-order valence-electron chi connectivity index (χ4n) is 2.60. The van der Waals surface area contributed by atoms with Crippen LogP contribution < -0.4 is 5.32 Å². The minimum absolute atomic E-state index is 0.0496. The number of para-hydroxylation sites is 1. The first-order chi connectivity index (χ1) is 8.58. The predicted octanol–water partition coefficient (Wildman–Crippen LogP) is 4.10. The van der Waals surface area contributed by atoms with E-state index in [0.29, 0.717) is 16.6 Å². The van der Waals surface area contributed by atoms with E-state index in [9.17, 15) is 10.1 Å². The SMILES string of the molecule is CC1CCC(CNc2c(Cl)cccc2[N+](=O)[O-])C1. The Hall–Kier alpha value is -1.29. The van der Waals surface area contributed by atoms with Crippen molar-refractivity contribution in [2.45, 2.75) is 26.2 Å². The molecule has 0 bridgehead atoms. The minimum atomic E-state index is -0.397. The van der Waals surface area contributed by atoms with Crippen molar-refractivity contribution < 1.29 is 4.92 Å². The largest absolute Gasteiger partial charge is 0.378 e. The van der Waals surface area contributed by atoms with E-state index < -0.39 is 4.92 Å². The first-order valence-corrected chi connectivity index (χ1v) is 6.62. The van der Waals surface area contributed by atoms with Crippen LogP contribution >= 0.6 is 11.6 Å². The van der Waals surface area contributed by atoms with Crippen molar-refractivity contribution in [3.63, 3.8) is 0 Å². The molecule has 1 aromatic rings. The summed E-state index contributed by atoms with van der Waals surface area (Å²) >= 11 is 6.02. The molecular formula is C13H17ClN2O2. The van der Waals surface area contributed by atoms with Gasteiger partial charge in [0.25, 0.3) is 5.69 Å². The fraction of sp³-hybridized carbons (Fsp3) is 0.538. The molecule has 2 rings (SSSR count). The highest BCUT2D eigenvalue weighted by atomic mass is 35.5. The highest BCUT2D eigenvalue weighted by Crippen LogP contribution is 2.34. The van der Waals surface area contributed by atoms with Crippen molar-refractivity contribution in [3.05, 3.63) is 33.3 Å². The number of hydrogen-bond donors (Lipinski definition) is 1. The summed E-state index contributed by atoms with van der Waals surface area (Å²) in [5.74, 6) is 1.36. The van der Waals surface area contributed by atoms with Gasteiger partial charge >= 0.3 is 0 Å². The number of anilines is 1. The summed E-state index contributed by atoms with van der Waals surface area (Å²) in [6, 6.07) is 4.75. The number of nitro benzene ring substituents is 1. The van der Waals surface area contributed by atoms with Gasteiger partial charge in [0.15, 0.2) is 0 Å². The summed E-state index contributed by atoms with van der Waals surface area (Å²) in [4.78, 5) is 10.5. The van der Waals surface area contributed by atoms with E-state index in [4.69, 9.17) is 11.6 Å². The number of benzene rings is 1. The molecule has 0 spiro atoms. The highest BCUT2D eigenvalue weighted by molar-refractivity contribution is 6.33. The van der Waals surface area contributed by atoms with Crippen molar-refractivity contribution >= 4 is 23.0 Å². The lowest BCUT2D eigenvalue weighted by Crippen LogP contribution is -2.12. The fourth-order valence-corrected chi connectivity index (χ4v) is 2.83. The zero-order chi connectivity index (χ0) is 13.1. The standard InChI is InChI=1S/C13H17ClN2O2/c1-9-5-6-10(7-9)8-15-13-11(14)3-2-4-12(13)16(17)18/h2-4,9-10,15H,5-8H2,1H3. The number of hydrogen-bond acceptors (Lipinski definition) is 3. The Morgan fingerprint density at radius 3 is 2.89 bits per heavy atom. The van der Waals surface area contributed by atoms with E-state index in [-0.39, 0.29) is 5.69 Å². The number of nitro groups is 1. The van der Waals surface area contributed by atoms with E-state index in [1.165, 1.54) is 25.3 Å². The van der Waals surface area contributed by atoms with Crippen molar-refractivity contribution in [3.8, 4) is 0 Å². The molecule has 1 aliphatic rings. The molecule has 2 atom stereocenters. The summed E-state index contributed by atoms with van der Waals surface area (Å²) in [7, 11) is 0. The molecule has 0 aliphatic heterocycles. The van der Waals surface area contributed by atoms with Crippen LogP contribution in [0.25, 0.3) is 0 Å². The smallest absolute Gasteiger partial charge is 0.293 e. The van der Waals surface area contributed by atoms with Crippen molar-refractivity contribution in [1.29, 1.82) is 0 Å². The molecule has 0 saturated heterocycles. The first-order valence-electron chi connectivity index (χ1n) is 6.24. The highest BCUT2D eigenvalue weighted by Gasteiger charge is 2.23. The lowest BCUT2D eigenvalue weighted by Gasteiger charge is -2.13. The Bertz CT molecular complexity index is 451. The zero-order valence-corrected chi connectivity index (χ0v) is 11.1. The normalized spacial score (nSPS) is 23.0. The summed E-state index contributed by atoms with van der Waals surface area (Å²) in [5.41, 5.74) is 0.497. The average molecular weight is 269 g/mol. The van der Waals surface area contributed by atoms with Gasteiger partial charge in [0.2, 0.25) is 0 Å². The van der Waals surface area contributed by atoms with Crippen LogP contribution in [0.1, 0.15) is 26.2 Å². The van der Waals surface area contributed by atoms with Crippen LogP contribution in [0.2, 0.25) is 5.02 Å². The molecule has 1 N–H and O–H groups in total. The average Bonchev–Trinajstić information content (AvgIpc) is 2.73. The van der Waals surface area contributed by atoms with Gasteiger partial charge in [-0.25, -0.2) is 0 Å². The van der Waals surface area contributed by atoms with Gasteiger partial charge in [-0.05, 0) is 30.7 Å². The molecule has 1 aromatic carbocycles. The van der Waals surface area contributed by atoms with Crippen molar-refractivity contribution in [2.75, 3.05) is 11.9 Å². The molecule has 1 aliphatic carbocycles. The summed E-state index contributed by atoms with van der Waals surface area (Å²) < 4.78 is 0. The zero-order valence-electron chi connectivity index (χ0n) is 10.4. The first kappa shape index (κ1) is 13.1. The van der Waals surface area contributed by atoms with E-state index >= 15 is 0 Å². The topological polar surface area (TPSA) is 55.2 Å². The summed E-state index contributed by atoms with van der Waals surface area (Å²) in [6.07, 6.45) is 3.62. The molecule has 4 nitrogen and oxygen atoms in total. The Kier molecular flexibility index (Phi) is 4.07. The van der Waals surface area contributed by atoms with Gasteiger partial charge in [0, 0.05) is 12.6 Å². The molecule has 1 fully saturated rings. The Labute approximate surface area is 111 Å². The van der Waals surface area contributed by atoms with Crippen LogP contribution in [-0.2, 0) is 0 Å². The maximum absolute atomic E-state index is 10.9.